The Morgan fingerprint density at radius 1 is 1.38 bits per heavy atom. The molecule has 8 heteroatoms. The van der Waals surface area contributed by atoms with Crippen molar-refractivity contribution < 1.29 is 9.53 Å². The summed E-state index contributed by atoms with van der Waals surface area (Å²) in [7, 11) is 0. The van der Waals surface area contributed by atoms with Crippen molar-refractivity contribution >= 4 is 34.4 Å². The molecule has 0 amide bonds. The topological polar surface area (TPSA) is 96.0 Å². The van der Waals surface area contributed by atoms with Crippen LogP contribution in [0.3, 0.4) is 0 Å². The molecule has 24 heavy (non-hydrogen) atoms. The molecule has 0 fully saturated rings. The standard InChI is InChI=1S/C16H12ClN5O2/c1-3-24-16(23)11-8(2)19-14-13(15(20-18)22-21-14)12(11)9-4-6-10(17)7-5-9/h4-7H,3H2,1-2H3/p+1. The molecule has 2 heterocycles. The van der Waals surface area contributed by atoms with E-state index in [1.165, 1.54) is 0 Å². The van der Waals surface area contributed by atoms with Crippen LogP contribution in [0.1, 0.15) is 23.0 Å². The lowest BCUT2D eigenvalue weighted by atomic mass is 9.96. The van der Waals surface area contributed by atoms with Crippen molar-refractivity contribution in [1.29, 1.82) is 5.39 Å². The minimum Gasteiger partial charge on any atom is -0.462 e. The van der Waals surface area contributed by atoms with Gasteiger partial charge in [0.15, 0.2) is 5.65 Å². The monoisotopic (exact) mass is 342 g/mol. The second-order valence-corrected chi connectivity index (χ2v) is 5.48. The lowest BCUT2D eigenvalue weighted by Crippen LogP contribution is -2.10. The third-order valence-corrected chi connectivity index (χ3v) is 3.83. The quantitative estimate of drug-likeness (QED) is 0.567. The minimum absolute atomic E-state index is 0.0491. The second-order valence-electron chi connectivity index (χ2n) is 5.05. The van der Waals surface area contributed by atoms with E-state index in [1.54, 1.807) is 38.1 Å². The van der Waals surface area contributed by atoms with E-state index in [4.69, 9.17) is 16.3 Å². The maximum absolute atomic E-state index is 12.5. The second kappa shape index (κ2) is 6.26. The molecule has 3 aromatic rings. The van der Waals surface area contributed by atoms with Crippen LogP contribution in [0, 0.1) is 12.3 Å². The molecule has 1 N–H and O–H groups in total. The van der Waals surface area contributed by atoms with E-state index in [-0.39, 0.29) is 12.4 Å². The molecule has 0 bridgehead atoms. The molecule has 0 saturated heterocycles. The van der Waals surface area contributed by atoms with Crippen LogP contribution in [0.4, 0.5) is 5.82 Å². The van der Waals surface area contributed by atoms with Crippen molar-refractivity contribution in [2.75, 3.05) is 6.61 Å². The summed E-state index contributed by atoms with van der Waals surface area (Å²) in [6, 6.07) is 6.97. The van der Waals surface area contributed by atoms with Gasteiger partial charge >= 0.3 is 11.8 Å². The van der Waals surface area contributed by atoms with Crippen LogP contribution in [0.5, 0.6) is 0 Å². The zero-order valence-electron chi connectivity index (χ0n) is 13.0. The summed E-state index contributed by atoms with van der Waals surface area (Å²) in [5, 5.41) is 16.9. The summed E-state index contributed by atoms with van der Waals surface area (Å²) in [6.07, 6.45) is 0. The van der Waals surface area contributed by atoms with Gasteiger partial charge in [0.25, 0.3) is 0 Å². The highest BCUT2D eigenvalue weighted by Gasteiger charge is 2.29. The molecule has 0 atom stereocenters. The minimum atomic E-state index is -0.501. The number of aryl methyl sites for hydroxylation is 1. The van der Waals surface area contributed by atoms with Gasteiger partial charge in [-0.25, -0.2) is 9.78 Å². The molecule has 1 aromatic carbocycles. The number of H-pyrrole nitrogens is 1. The molecule has 0 spiro atoms. The van der Waals surface area contributed by atoms with Crippen LogP contribution in [0.2, 0.25) is 5.02 Å². The molecule has 0 aliphatic heterocycles. The average Bonchev–Trinajstić information content (AvgIpc) is 2.97. The Hall–Kier alpha value is -2.98. The maximum Gasteiger partial charge on any atom is 0.497 e. The van der Waals surface area contributed by atoms with Gasteiger partial charge in [0.05, 0.1) is 28.4 Å². The first-order valence-electron chi connectivity index (χ1n) is 7.23. The summed E-state index contributed by atoms with van der Waals surface area (Å²) >= 11 is 5.96. The Labute approximate surface area is 142 Å². The van der Waals surface area contributed by atoms with Gasteiger partial charge in [-0.1, -0.05) is 23.7 Å². The highest BCUT2D eigenvalue weighted by Crippen LogP contribution is 2.37. The number of carbonyl (C=O) groups excluding carboxylic acids is 1. The largest absolute Gasteiger partial charge is 0.497 e. The van der Waals surface area contributed by atoms with Crippen molar-refractivity contribution in [2.24, 2.45) is 0 Å². The number of rotatable bonds is 3. The Kier molecular flexibility index (Phi) is 4.15. The molecule has 120 valence electrons. The van der Waals surface area contributed by atoms with Crippen LogP contribution in [0.25, 0.3) is 27.1 Å². The number of hydrogen-bond donors (Lipinski definition) is 1. The lowest BCUT2D eigenvalue weighted by molar-refractivity contribution is 0.0526. The number of aromatic nitrogens is 3. The molecule has 7 nitrogen and oxygen atoms in total. The highest BCUT2D eigenvalue weighted by molar-refractivity contribution is 6.30. The Morgan fingerprint density at radius 3 is 2.71 bits per heavy atom. The van der Waals surface area contributed by atoms with Gasteiger partial charge in [-0.3, -0.25) is 0 Å². The number of aromatic amines is 1. The molecule has 0 unspecified atom stereocenters. The van der Waals surface area contributed by atoms with E-state index in [0.717, 1.165) is 0 Å². The number of ether oxygens (including phenoxy) is 1. The zero-order valence-corrected chi connectivity index (χ0v) is 13.8. The van der Waals surface area contributed by atoms with Crippen LogP contribution >= 0.6 is 11.6 Å². The van der Waals surface area contributed by atoms with Crippen molar-refractivity contribution in [2.45, 2.75) is 13.8 Å². The number of hydrogen-bond acceptors (Lipinski definition) is 5. The number of nitrogens with one attached hydrogen (secondary N) is 1. The molecular formula is C16H13ClN5O2+. The Morgan fingerprint density at radius 2 is 2.08 bits per heavy atom. The molecule has 0 radical (unpaired) electrons. The fourth-order valence-corrected chi connectivity index (χ4v) is 2.72. The summed E-state index contributed by atoms with van der Waals surface area (Å²) < 4.78 is 5.16. The first kappa shape index (κ1) is 15.9. The summed E-state index contributed by atoms with van der Waals surface area (Å²) in [5.74, 6) is -0.451. The van der Waals surface area contributed by atoms with Crippen LogP contribution in [0.15, 0.2) is 24.3 Å². The van der Waals surface area contributed by atoms with Gasteiger partial charge < -0.3 is 4.74 Å². The number of carbonyl (C=O) groups is 1. The van der Waals surface area contributed by atoms with E-state index in [0.29, 0.717) is 38.4 Å². The number of nitrogens with zero attached hydrogens (tertiary/aromatic N) is 4. The third kappa shape index (κ3) is 2.57. The Bertz CT molecular complexity index is 973. The Balaban J connectivity index is 2.42. The number of benzene rings is 1. The van der Waals surface area contributed by atoms with Gasteiger partial charge in [-0.2, -0.15) is 5.10 Å². The van der Waals surface area contributed by atoms with Gasteiger partial charge in [0, 0.05) is 15.6 Å². The van der Waals surface area contributed by atoms with E-state index in [2.05, 4.69) is 20.2 Å². The molecule has 0 saturated carbocycles. The molecule has 2 aromatic heterocycles. The van der Waals surface area contributed by atoms with E-state index < -0.39 is 5.97 Å². The van der Waals surface area contributed by atoms with E-state index in [1.807, 2.05) is 0 Å². The van der Waals surface area contributed by atoms with Crippen molar-refractivity contribution in [3.05, 3.63) is 45.5 Å². The van der Waals surface area contributed by atoms with Gasteiger partial charge in [-0.05, 0) is 31.5 Å². The van der Waals surface area contributed by atoms with Crippen molar-refractivity contribution in [3.63, 3.8) is 0 Å². The summed E-state index contributed by atoms with van der Waals surface area (Å²) in [4.78, 5) is 20.0. The van der Waals surface area contributed by atoms with Gasteiger partial charge in [0.2, 0.25) is 0 Å². The normalized spacial score (nSPS) is 10.6. The molecule has 0 aliphatic carbocycles. The van der Waals surface area contributed by atoms with Gasteiger partial charge in [0.1, 0.15) is 5.39 Å². The number of halogens is 1. The maximum atomic E-state index is 12.5. The van der Waals surface area contributed by atoms with Crippen LogP contribution in [-0.2, 0) is 4.74 Å². The summed E-state index contributed by atoms with van der Waals surface area (Å²) in [5.41, 5.74) is 2.45. The first-order valence-corrected chi connectivity index (χ1v) is 7.61. The fourth-order valence-electron chi connectivity index (χ4n) is 2.59. The number of diazo groups is 1. The smallest absolute Gasteiger partial charge is 0.462 e. The molecule has 0 aliphatic rings. The number of pyridine rings is 1. The van der Waals surface area contributed by atoms with E-state index >= 15 is 0 Å². The molecular weight excluding hydrogens is 330 g/mol. The van der Waals surface area contributed by atoms with Crippen LogP contribution < -0.4 is 0 Å². The van der Waals surface area contributed by atoms with Crippen molar-refractivity contribution in [1.82, 2.24) is 15.2 Å². The van der Waals surface area contributed by atoms with E-state index in [9.17, 15) is 10.2 Å². The molecule has 3 rings (SSSR count). The lowest BCUT2D eigenvalue weighted by Gasteiger charge is -2.12. The van der Waals surface area contributed by atoms with Crippen LogP contribution in [-0.4, -0.2) is 27.8 Å². The number of esters is 1. The zero-order chi connectivity index (χ0) is 17.3. The summed E-state index contributed by atoms with van der Waals surface area (Å²) in [6.45, 7) is 3.67. The fraction of sp³-hybridized carbons (Fsp3) is 0.188. The predicted molar refractivity (Wildman–Crippen MR) is 89.8 cm³/mol. The number of fused-ring (bicyclic) bond motifs is 1. The predicted octanol–water partition coefficient (Wildman–Crippen LogP) is 4.25. The van der Waals surface area contributed by atoms with Gasteiger partial charge in [-0.15, -0.1) is 0 Å². The first-order chi connectivity index (χ1) is 11.6. The average molecular weight is 343 g/mol. The third-order valence-electron chi connectivity index (χ3n) is 3.58. The highest BCUT2D eigenvalue weighted by atomic mass is 35.5. The van der Waals surface area contributed by atoms with Crippen molar-refractivity contribution in [3.8, 4) is 11.1 Å². The SMILES string of the molecule is CCOC(=O)c1c(C)nc2[nH]nc([N+]#N)c2c1-c1ccc(Cl)cc1.